The van der Waals surface area contributed by atoms with Crippen LogP contribution < -0.4 is 0 Å². The Morgan fingerprint density at radius 1 is 0.253 bits per heavy atom. The summed E-state index contributed by atoms with van der Waals surface area (Å²) < 4.78 is 68.4. The lowest BCUT2D eigenvalue weighted by molar-refractivity contribution is -0.161. The first-order valence-corrected chi connectivity index (χ1v) is 42.8. The zero-order valence-electron chi connectivity index (χ0n) is 61.6. The number of ether oxygens (including phenoxy) is 4. The standard InChI is InChI=1S/C76H148O17P2/c1-5-9-13-17-21-24-27-30-32-33-34-35-36-37-38-41-44-47-51-55-59-63-76(81)93-72(67-87-74(79)61-57-53-49-45-42-40-31-28-25-22-18-14-10-6-2)69-91-95(84,85)89-65-70(77)64-88-94(82,83)90-68-71(66-86-73(78)60-56-52-48-20-16-12-8-4)92-75(80)62-58-54-50-46-43-39-29-26-23-19-15-11-7-3/h70-72,77H,5-69H2,1-4H3,(H,82,83)(H,84,85)/t70-,71+,72+/m0/s1. The van der Waals surface area contributed by atoms with Gasteiger partial charge in [0.05, 0.1) is 26.4 Å². The molecule has 0 spiro atoms. The van der Waals surface area contributed by atoms with Gasteiger partial charge in [0.1, 0.15) is 19.3 Å². The third kappa shape index (κ3) is 70.3. The minimum atomic E-state index is -4.95. The van der Waals surface area contributed by atoms with E-state index in [1.807, 2.05) is 0 Å². The Morgan fingerprint density at radius 3 is 0.621 bits per heavy atom. The van der Waals surface area contributed by atoms with E-state index in [2.05, 4.69) is 27.7 Å². The van der Waals surface area contributed by atoms with Crippen molar-refractivity contribution >= 4 is 39.5 Å². The molecule has 3 N–H and O–H groups in total. The van der Waals surface area contributed by atoms with E-state index in [9.17, 15) is 43.2 Å². The van der Waals surface area contributed by atoms with Crippen molar-refractivity contribution in [1.82, 2.24) is 0 Å². The highest BCUT2D eigenvalue weighted by Crippen LogP contribution is 2.45. The Hall–Kier alpha value is -1.94. The Bertz CT molecular complexity index is 1810. The number of aliphatic hydroxyl groups excluding tert-OH is 1. The van der Waals surface area contributed by atoms with Crippen LogP contribution in [0.25, 0.3) is 0 Å². The van der Waals surface area contributed by atoms with Crippen molar-refractivity contribution in [1.29, 1.82) is 0 Å². The summed E-state index contributed by atoms with van der Waals surface area (Å²) in [5.41, 5.74) is 0. The van der Waals surface area contributed by atoms with E-state index < -0.39 is 97.5 Å². The number of carbonyl (C=O) groups is 4. The molecule has 0 aromatic heterocycles. The molecule has 0 bridgehead atoms. The van der Waals surface area contributed by atoms with Crippen molar-refractivity contribution < 1.29 is 80.2 Å². The highest BCUT2D eigenvalue weighted by Gasteiger charge is 2.30. The molecule has 2 unspecified atom stereocenters. The molecule has 19 heteroatoms. The summed E-state index contributed by atoms with van der Waals surface area (Å²) in [6, 6.07) is 0. The van der Waals surface area contributed by atoms with Gasteiger partial charge in [-0.2, -0.15) is 0 Å². The minimum absolute atomic E-state index is 0.108. The summed E-state index contributed by atoms with van der Waals surface area (Å²) in [6.07, 6.45) is 61.2. The first-order valence-electron chi connectivity index (χ1n) is 39.8. The Labute approximate surface area is 581 Å². The second-order valence-corrected chi connectivity index (χ2v) is 30.3. The number of aliphatic hydroxyl groups is 1. The molecule has 5 atom stereocenters. The normalized spacial score (nSPS) is 13.9. The van der Waals surface area contributed by atoms with E-state index in [1.165, 1.54) is 225 Å². The molecule has 0 amide bonds. The summed E-state index contributed by atoms with van der Waals surface area (Å²) in [6.45, 7) is 4.95. The third-order valence-electron chi connectivity index (χ3n) is 17.9. The van der Waals surface area contributed by atoms with Gasteiger partial charge in [-0.3, -0.25) is 37.3 Å². The van der Waals surface area contributed by atoms with E-state index in [0.29, 0.717) is 25.7 Å². The molecule has 0 aromatic rings. The van der Waals surface area contributed by atoms with E-state index >= 15 is 0 Å². The summed E-state index contributed by atoms with van der Waals surface area (Å²) in [5, 5.41) is 10.6. The van der Waals surface area contributed by atoms with E-state index in [0.717, 1.165) is 103 Å². The number of hydrogen-bond donors (Lipinski definition) is 3. The predicted molar refractivity (Wildman–Crippen MR) is 386 cm³/mol. The van der Waals surface area contributed by atoms with E-state index in [4.69, 9.17) is 37.0 Å². The number of hydrogen-bond acceptors (Lipinski definition) is 15. The maximum Gasteiger partial charge on any atom is 0.472 e. The van der Waals surface area contributed by atoms with E-state index in [1.54, 1.807) is 0 Å². The average Bonchev–Trinajstić information content (AvgIpc) is 2.62. The van der Waals surface area contributed by atoms with Crippen molar-refractivity contribution in [3.8, 4) is 0 Å². The fraction of sp³-hybridized carbons (Fsp3) is 0.947. The van der Waals surface area contributed by atoms with Crippen LogP contribution in [0.15, 0.2) is 0 Å². The molecular formula is C76H148O17P2. The van der Waals surface area contributed by atoms with Crippen LogP contribution in [0.3, 0.4) is 0 Å². The zero-order valence-corrected chi connectivity index (χ0v) is 63.4. The molecule has 0 aromatic carbocycles. The van der Waals surface area contributed by atoms with Crippen molar-refractivity contribution in [2.24, 2.45) is 0 Å². The quantitative estimate of drug-likeness (QED) is 0.0222. The number of unbranched alkanes of at least 4 members (excludes halogenated alkanes) is 51. The van der Waals surface area contributed by atoms with Gasteiger partial charge < -0.3 is 33.8 Å². The smallest absolute Gasteiger partial charge is 0.462 e. The van der Waals surface area contributed by atoms with Crippen LogP contribution in [0, 0.1) is 0 Å². The summed E-state index contributed by atoms with van der Waals surface area (Å²) >= 11 is 0. The highest BCUT2D eigenvalue weighted by atomic mass is 31.2. The lowest BCUT2D eigenvalue weighted by Gasteiger charge is -2.21. The molecule has 0 saturated carbocycles. The first-order chi connectivity index (χ1) is 46.2. The molecule has 0 aliphatic heterocycles. The van der Waals surface area contributed by atoms with Gasteiger partial charge in [0.25, 0.3) is 0 Å². The number of esters is 4. The molecule has 0 heterocycles. The number of rotatable bonds is 77. The maximum absolute atomic E-state index is 13.1. The Balaban J connectivity index is 5.16. The lowest BCUT2D eigenvalue weighted by atomic mass is 10.0. The number of phosphoric acid groups is 2. The first kappa shape index (κ1) is 93.1. The molecule has 564 valence electrons. The summed E-state index contributed by atoms with van der Waals surface area (Å²) in [7, 11) is -9.90. The number of phosphoric ester groups is 2. The maximum atomic E-state index is 13.1. The van der Waals surface area contributed by atoms with Gasteiger partial charge in [0.15, 0.2) is 12.2 Å². The van der Waals surface area contributed by atoms with Crippen LogP contribution in [0.5, 0.6) is 0 Å². The van der Waals surface area contributed by atoms with Crippen LogP contribution in [-0.2, 0) is 65.4 Å². The van der Waals surface area contributed by atoms with Gasteiger partial charge in [0.2, 0.25) is 0 Å². The largest absolute Gasteiger partial charge is 0.472 e. The van der Waals surface area contributed by atoms with E-state index in [-0.39, 0.29) is 25.7 Å². The topological polar surface area (TPSA) is 237 Å². The molecule has 0 radical (unpaired) electrons. The van der Waals surface area contributed by atoms with Gasteiger partial charge in [-0.05, 0) is 25.7 Å². The van der Waals surface area contributed by atoms with Gasteiger partial charge in [-0.1, -0.05) is 355 Å². The van der Waals surface area contributed by atoms with Crippen molar-refractivity contribution in [3.63, 3.8) is 0 Å². The van der Waals surface area contributed by atoms with Gasteiger partial charge >= 0.3 is 39.5 Å². The molecule has 0 fully saturated rings. The second-order valence-electron chi connectivity index (χ2n) is 27.4. The van der Waals surface area contributed by atoms with Crippen molar-refractivity contribution in [2.75, 3.05) is 39.6 Å². The van der Waals surface area contributed by atoms with Crippen LogP contribution in [0.4, 0.5) is 0 Å². The monoisotopic (exact) mass is 1400 g/mol. The number of carbonyl (C=O) groups excluding carboxylic acids is 4. The molecular weight excluding hydrogens is 1250 g/mol. The van der Waals surface area contributed by atoms with Crippen LogP contribution >= 0.6 is 15.6 Å². The third-order valence-corrected chi connectivity index (χ3v) is 19.8. The molecule has 0 rings (SSSR count). The Morgan fingerprint density at radius 2 is 0.421 bits per heavy atom. The lowest BCUT2D eigenvalue weighted by Crippen LogP contribution is -2.30. The fourth-order valence-electron chi connectivity index (χ4n) is 11.8. The van der Waals surface area contributed by atoms with Gasteiger partial charge in [-0.15, -0.1) is 0 Å². The molecule has 0 aliphatic carbocycles. The molecule has 17 nitrogen and oxygen atoms in total. The highest BCUT2D eigenvalue weighted by molar-refractivity contribution is 7.47. The summed E-state index contributed by atoms with van der Waals surface area (Å²) in [4.78, 5) is 72.6. The zero-order chi connectivity index (χ0) is 69.7. The second kappa shape index (κ2) is 70.5. The molecule has 0 saturated heterocycles. The minimum Gasteiger partial charge on any atom is -0.462 e. The van der Waals surface area contributed by atoms with Crippen LogP contribution in [0.2, 0.25) is 0 Å². The molecule has 95 heavy (non-hydrogen) atoms. The SMILES string of the molecule is CCCCCCCCCCCCCCCCCCCCCCCC(=O)O[C@H](COC(=O)CCCCCCCCCCCCCCCC)COP(=O)(O)OC[C@@H](O)COP(=O)(O)OC[C@@H](COC(=O)CCCCCCCCC)OC(=O)CCCCCCCCCCCCCCC. The van der Waals surface area contributed by atoms with Gasteiger partial charge in [-0.25, -0.2) is 9.13 Å². The molecule has 0 aliphatic rings. The van der Waals surface area contributed by atoms with Crippen molar-refractivity contribution in [2.45, 2.75) is 425 Å². The summed E-state index contributed by atoms with van der Waals surface area (Å²) in [5.74, 6) is -2.12. The average molecular weight is 1400 g/mol. The van der Waals surface area contributed by atoms with Crippen molar-refractivity contribution in [3.05, 3.63) is 0 Å². The predicted octanol–water partition coefficient (Wildman–Crippen LogP) is 22.6. The fourth-order valence-corrected chi connectivity index (χ4v) is 13.3. The van der Waals surface area contributed by atoms with Crippen LogP contribution in [-0.4, -0.2) is 96.7 Å². The Kier molecular flexibility index (Phi) is 69.1. The van der Waals surface area contributed by atoms with Crippen LogP contribution in [0.1, 0.15) is 407 Å². The van der Waals surface area contributed by atoms with Gasteiger partial charge in [0, 0.05) is 25.7 Å².